The van der Waals surface area contributed by atoms with E-state index in [-0.39, 0.29) is 17.1 Å². The Hall–Kier alpha value is -2.34. The molecule has 0 aliphatic carbocycles. The van der Waals surface area contributed by atoms with Gasteiger partial charge in [-0.3, -0.25) is 4.79 Å². The van der Waals surface area contributed by atoms with Gasteiger partial charge in [0.1, 0.15) is 0 Å². The van der Waals surface area contributed by atoms with Crippen molar-refractivity contribution in [3.8, 4) is 11.5 Å². The maximum absolute atomic E-state index is 12.6. The highest BCUT2D eigenvalue weighted by Gasteiger charge is 2.20. The van der Waals surface area contributed by atoms with Crippen LogP contribution in [0.2, 0.25) is 5.02 Å². The largest absolute Gasteiger partial charge is 0.493 e. The van der Waals surface area contributed by atoms with Gasteiger partial charge in [0.05, 0.1) is 12.7 Å². The monoisotopic (exact) mass is 341 g/mol. The first-order valence-corrected chi connectivity index (χ1v) is 6.99. The minimum absolute atomic E-state index is 0.0470. The first-order valence-electron chi connectivity index (χ1n) is 6.61. The molecule has 2 aromatic rings. The molecule has 0 aliphatic rings. The lowest BCUT2D eigenvalue weighted by Crippen LogP contribution is -2.16. The minimum Gasteiger partial charge on any atom is -0.493 e. The zero-order valence-electron chi connectivity index (χ0n) is 12.4. The predicted octanol–water partition coefficient (Wildman–Crippen LogP) is 4.51. The molecule has 0 atom stereocenters. The number of nitrogens with one attached hydrogen (secondary N) is 1. The third-order valence-corrected chi connectivity index (χ3v) is 3.32. The highest BCUT2D eigenvalue weighted by atomic mass is 35.5. The van der Waals surface area contributed by atoms with E-state index in [0.29, 0.717) is 10.7 Å². The van der Waals surface area contributed by atoms with Gasteiger partial charge in [-0.25, -0.2) is 0 Å². The fourth-order valence-corrected chi connectivity index (χ4v) is 2.25. The molecule has 0 aromatic heterocycles. The lowest BCUT2D eigenvalue weighted by molar-refractivity contribution is -0.0515. The van der Waals surface area contributed by atoms with Gasteiger partial charge in [0, 0.05) is 10.7 Å². The average Bonchev–Trinajstić information content (AvgIpc) is 2.49. The summed E-state index contributed by atoms with van der Waals surface area (Å²) in [6.45, 7) is -1.31. The number of rotatable bonds is 5. The van der Waals surface area contributed by atoms with Crippen LogP contribution in [0, 0.1) is 6.92 Å². The maximum atomic E-state index is 12.6. The number of para-hydroxylation sites is 1. The Kier molecular flexibility index (Phi) is 5.39. The maximum Gasteiger partial charge on any atom is 0.387 e. The van der Waals surface area contributed by atoms with Crippen molar-refractivity contribution in [3.63, 3.8) is 0 Å². The molecule has 0 fully saturated rings. The molecule has 0 unspecified atom stereocenters. The number of hydrogen-bond donors (Lipinski definition) is 1. The highest BCUT2D eigenvalue weighted by molar-refractivity contribution is 6.30. The summed E-state index contributed by atoms with van der Waals surface area (Å²) in [7, 11) is 1.30. The predicted molar refractivity (Wildman–Crippen MR) is 83.8 cm³/mol. The van der Waals surface area contributed by atoms with E-state index >= 15 is 0 Å². The molecule has 0 heterocycles. The second-order valence-corrected chi connectivity index (χ2v) is 5.07. The van der Waals surface area contributed by atoms with Gasteiger partial charge in [-0.15, -0.1) is 0 Å². The topological polar surface area (TPSA) is 47.6 Å². The standard InChI is InChI=1S/C16H14ClF2NO3/c1-9-8-10(17)6-7-12(9)20-15(21)11-4-3-5-13(22-2)14(11)23-16(18)19/h3-8,16H,1-2H3,(H,20,21). The van der Waals surface area contributed by atoms with Crippen LogP contribution < -0.4 is 14.8 Å². The Morgan fingerprint density at radius 1 is 1.26 bits per heavy atom. The summed E-state index contributed by atoms with van der Waals surface area (Å²) < 4.78 is 34.6. The number of benzene rings is 2. The van der Waals surface area contributed by atoms with Crippen molar-refractivity contribution in [2.24, 2.45) is 0 Å². The van der Waals surface area contributed by atoms with E-state index in [1.165, 1.54) is 25.3 Å². The first-order chi connectivity index (χ1) is 10.9. The van der Waals surface area contributed by atoms with Crippen molar-refractivity contribution in [1.82, 2.24) is 0 Å². The zero-order chi connectivity index (χ0) is 17.0. The Morgan fingerprint density at radius 2 is 2.00 bits per heavy atom. The number of carbonyl (C=O) groups excluding carboxylic acids is 1. The van der Waals surface area contributed by atoms with Crippen molar-refractivity contribution >= 4 is 23.2 Å². The van der Waals surface area contributed by atoms with Crippen LogP contribution in [0.3, 0.4) is 0 Å². The van der Waals surface area contributed by atoms with Crippen LogP contribution in [0.25, 0.3) is 0 Å². The van der Waals surface area contributed by atoms with E-state index in [1.807, 2.05) is 0 Å². The van der Waals surface area contributed by atoms with Crippen molar-refractivity contribution < 1.29 is 23.0 Å². The van der Waals surface area contributed by atoms with E-state index in [0.717, 1.165) is 5.56 Å². The number of amides is 1. The molecule has 4 nitrogen and oxygen atoms in total. The average molecular weight is 342 g/mol. The number of hydrogen-bond acceptors (Lipinski definition) is 3. The van der Waals surface area contributed by atoms with Crippen LogP contribution in [0.1, 0.15) is 15.9 Å². The summed E-state index contributed by atoms with van der Waals surface area (Å²) in [5, 5.41) is 3.17. The molecule has 122 valence electrons. The molecule has 0 bridgehead atoms. The van der Waals surface area contributed by atoms with Crippen molar-refractivity contribution in [2.45, 2.75) is 13.5 Å². The van der Waals surface area contributed by atoms with E-state index < -0.39 is 12.5 Å². The van der Waals surface area contributed by atoms with Gasteiger partial charge in [-0.05, 0) is 42.8 Å². The van der Waals surface area contributed by atoms with E-state index in [2.05, 4.69) is 10.1 Å². The van der Waals surface area contributed by atoms with Gasteiger partial charge < -0.3 is 14.8 Å². The van der Waals surface area contributed by atoms with Crippen LogP contribution in [-0.2, 0) is 0 Å². The van der Waals surface area contributed by atoms with Gasteiger partial charge >= 0.3 is 6.61 Å². The van der Waals surface area contributed by atoms with Crippen molar-refractivity contribution in [1.29, 1.82) is 0 Å². The second kappa shape index (κ2) is 7.28. The molecule has 0 spiro atoms. The van der Waals surface area contributed by atoms with Crippen molar-refractivity contribution in [3.05, 3.63) is 52.5 Å². The molecule has 7 heteroatoms. The normalized spacial score (nSPS) is 10.5. The number of methoxy groups -OCH3 is 1. The summed E-state index contributed by atoms with van der Waals surface area (Å²) in [5.41, 5.74) is 1.20. The number of carbonyl (C=O) groups is 1. The SMILES string of the molecule is COc1cccc(C(=O)Nc2ccc(Cl)cc2C)c1OC(F)F. The van der Waals surface area contributed by atoms with Crippen LogP contribution >= 0.6 is 11.6 Å². The third kappa shape index (κ3) is 4.10. The van der Waals surface area contributed by atoms with E-state index in [1.54, 1.807) is 25.1 Å². The minimum atomic E-state index is -3.07. The summed E-state index contributed by atoms with van der Waals surface area (Å²) >= 11 is 5.86. The smallest absolute Gasteiger partial charge is 0.387 e. The van der Waals surface area contributed by atoms with Crippen LogP contribution in [0.15, 0.2) is 36.4 Å². The molecular weight excluding hydrogens is 328 g/mol. The molecule has 1 amide bonds. The Morgan fingerprint density at radius 3 is 2.61 bits per heavy atom. The van der Waals surface area contributed by atoms with Crippen LogP contribution in [0.5, 0.6) is 11.5 Å². The third-order valence-electron chi connectivity index (χ3n) is 3.09. The molecule has 23 heavy (non-hydrogen) atoms. The number of ether oxygens (including phenoxy) is 2. The van der Waals surface area contributed by atoms with Gasteiger partial charge in [0.2, 0.25) is 0 Å². The molecule has 2 aromatic carbocycles. The van der Waals surface area contributed by atoms with E-state index in [9.17, 15) is 13.6 Å². The quantitative estimate of drug-likeness (QED) is 0.870. The van der Waals surface area contributed by atoms with Gasteiger partial charge in [0.25, 0.3) is 5.91 Å². The Bertz CT molecular complexity index is 722. The van der Waals surface area contributed by atoms with Crippen LogP contribution in [-0.4, -0.2) is 19.6 Å². The van der Waals surface area contributed by atoms with Gasteiger partial charge in [-0.1, -0.05) is 17.7 Å². The summed E-state index contributed by atoms with van der Waals surface area (Å²) in [6, 6.07) is 9.25. The van der Waals surface area contributed by atoms with Gasteiger partial charge in [-0.2, -0.15) is 8.78 Å². The first kappa shape index (κ1) is 17.0. The Balaban J connectivity index is 2.35. The summed E-state index contributed by atoms with van der Waals surface area (Å²) in [4.78, 5) is 12.4. The summed E-state index contributed by atoms with van der Waals surface area (Å²) in [5.74, 6) is -0.857. The van der Waals surface area contributed by atoms with Gasteiger partial charge in [0.15, 0.2) is 11.5 Å². The second-order valence-electron chi connectivity index (χ2n) is 4.63. The number of anilines is 1. The fourth-order valence-electron chi connectivity index (χ4n) is 2.02. The molecule has 2 rings (SSSR count). The lowest BCUT2D eigenvalue weighted by atomic mass is 10.1. The molecule has 0 saturated carbocycles. The molecule has 0 saturated heterocycles. The summed E-state index contributed by atoms with van der Waals surface area (Å²) in [6.07, 6.45) is 0. The van der Waals surface area contributed by atoms with Crippen LogP contribution in [0.4, 0.5) is 14.5 Å². The number of aryl methyl sites for hydroxylation is 1. The lowest BCUT2D eigenvalue weighted by Gasteiger charge is -2.15. The zero-order valence-corrected chi connectivity index (χ0v) is 13.2. The van der Waals surface area contributed by atoms with Crippen molar-refractivity contribution in [2.75, 3.05) is 12.4 Å². The molecule has 0 aliphatic heterocycles. The highest BCUT2D eigenvalue weighted by Crippen LogP contribution is 2.33. The number of alkyl halides is 2. The van der Waals surface area contributed by atoms with E-state index in [4.69, 9.17) is 16.3 Å². The molecule has 0 radical (unpaired) electrons. The fraction of sp³-hybridized carbons (Fsp3) is 0.188. The Labute approximate surface area is 137 Å². The number of halogens is 3. The molecule has 1 N–H and O–H groups in total. The molecular formula is C16H14ClF2NO3.